The van der Waals surface area contributed by atoms with Crippen LogP contribution in [0.3, 0.4) is 0 Å². The average Bonchev–Trinajstić information content (AvgIpc) is 2.73. The quantitative estimate of drug-likeness (QED) is 0.687. The van der Waals surface area contributed by atoms with Crippen LogP contribution in [0.15, 0.2) is 18.2 Å². The van der Waals surface area contributed by atoms with Gasteiger partial charge in [-0.3, -0.25) is 4.79 Å². The van der Waals surface area contributed by atoms with Gasteiger partial charge >= 0.3 is 5.97 Å². The van der Waals surface area contributed by atoms with Crippen molar-refractivity contribution in [1.29, 1.82) is 0 Å². The Hall–Kier alpha value is -1.75. The number of nitrogen functional groups attached to an aromatic ring is 1. The fourth-order valence-corrected chi connectivity index (χ4v) is 2.58. The second-order valence-corrected chi connectivity index (χ2v) is 5.52. The van der Waals surface area contributed by atoms with Crippen LogP contribution in [0, 0.1) is 0 Å². The molecule has 1 aliphatic rings. The number of hydrogen-bond acceptors (Lipinski definition) is 4. The first kappa shape index (κ1) is 15.6. The van der Waals surface area contributed by atoms with Crippen LogP contribution in [0.25, 0.3) is 0 Å². The Kier molecular flexibility index (Phi) is 5.44. The number of nitrogens with two attached hydrogens (primary N) is 1. The van der Waals surface area contributed by atoms with Gasteiger partial charge < -0.3 is 15.4 Å². The zero-order chi connectivity index (χ0) is 15.2. The highest BCUT2D eigenvalue weighted by atomic mass is 35.5. The molecule has 0 aromatic heterocycles. The molecule has 5 nitrogen and oxygen atoms in total. The van der Waals surface area contributed by atoms with Gasteiger partial charge in [-0.2, -0.15) is 0 Å². The summed E-state index contributed by atoms with van der Waals surface area (Å²) in [6.45, 7) is 1.22. The maximum Gasteiger partial charge on any atom is 0.340 e. The molecule has 2 N–H and O–H groups in total. The first-order chi connectivity index (χ1) is 10.1. The molecule has 0 radical (unpaired) electrons. The zero-order valence-corrected chi connectivity index (χ0v) is 12.6. The number of nitrogens with zero attached hydrogens (tertiary/aromatic N) is 1. The minimum atomic E-state index is -0.608. The lowest BCUT2D eigenvalue weighted by atomic mass is 10.2. The second kappa shape index (κ2) is 7.31. The largest absolute Gasteiger partial charge is 0.452 e. The van der Waals surface area contributed by atoms with Crippen LogP contribution in [-0.4, -0.2) is 36.5 Å². The molecule has 1 amide bonds. The van der Waals surface area contributed by atoms with Gasteiger partial charge in [-0.05, 0) is 31.0 Å². The van der Waals surface area contributed by atoms with E-state index in [0.29, 0.717) is 5.69 Å². The first-order valence-electron chi connectivity index (χ1n) is 7.08. The standard InChI is InChI=1S/C15H19ClN2O3/c16-13-9-11(17)5-6-12(13)15(20)21-10-14(19)18-7-3-1-2-4-8-18/h5-6,9H,1-4,7-8,10,17H2. The van der Waals surface area contributed by atoms with E-state index in [1.165, 1.54) is 12.1 Å². The van der Waals surface area contributed by atoms with Crippen molar-refractivity contribution in [2.75, 3.05) is 25.4 Å². The smallest absolute Gasteiger partial charge is 0.340 e. The van der Waals surface area contributed by atoms with Crippen molar-refractivity contribution in [2.45, 2.75) is 25.7 Å². The van der Waals surface area contributed by atoms with E-state index in [9.17, 15) is 9.59 Å². The summed E-state index contributed by atoms with van der Waals surface area (Å²) >= 11 is 5.93. The first-order valence-corrected chi connectivity index (χ1v) is 7.45. The normalized spacial score (nSPS) is 15.4. The van der Waals surface area contributed by atoms with Gasteiger partial charge in [-0.1, -0.05) is 24.4 Å². The molecule has 1 saturated heterocycles. The number of halogens is 1. The Bertz CT molecular complexity index is 526. The fraction of sp³-hybridized carbons (Fsp3) is 0.467. The summed E-state index contributed by atoms with van der Waals surface area (Å²) in [5, 5.41) is 0.224. The lowest BCUT2D eigenvalue weighted by molar-refractivity contribution is -0.134. The molecule has 1 heterocycles. The summed E-state index contributed by atoms with van der Waals surface area (Å²) in [5.41, 5.74) is 6.25. The average molecular weight is 311 g/mol. The van der Waals surface area contributed by atoms with Crippen LogP contribution in [0.5, 0.6) is 0 Å². The Morgan fingerprint density at radius 3 is 2.48 bits per heavy atom. The van der Waals surface area contributed by atoms with Crippen molar-refractivity contribution in [2.24, 2.45) is 0 Å². The Morgan fingerprint density at radius 2 is 1.86 bits per heavy atom. The SMILES string of the molecule is Nc1ccc(C(=O)OCC(=O)N2CCCCCC2)c(Cl)c1. The van der Waals surface area contributed by atoms with E-state index < -0.39 is 5.97 Å². The van der Waals surface area contributed by atoms with E-state index in [-0.39, 0.29) is 23.1 Å². The van der Waals surface area contributed by atoms with E-state index in [1.807, 2.05) is 0 Å². The number of carbonyl (C=O) groups excluding carboxylic acids is 2. The molecule has 21 heavy (non-hydrogen) atoms. The number of amides is 1. The van der Waals surface area contributed by atoms with E-state index in [0.717, 1.165) is 38.8 Å². The van der Waals surface area contributed by atoms with E-state index in [1.54, 1.807) is 11.0 Å². The molecule has 0 aliphatic carbocycles. The summed E-state index contributed by atoms with van der Waals surface area (Å²) in [5.74, 6) is -0.764. The topological polar surface area (TPSA) is 72.6 Å². The van der Waals surface area contributed by atoms with Crippen molar-refractivity contribution in [1.82, 2.24) is 4.90 Å². The van der Waals surface area contributed by atoms with Gasteiger partial charge in [-0.25, -0.2) is 4.79 Å². The van der Waals surface area contributed by atoms with Crippen LogP contribution in [-0.2, 0) is 9.53 Å². The number of ether oxygens (including phenoxy) is 1. The number of benzene rings is 1. The van der Waals surface area contributed by atoms with E-state index >= 15 is 0 Å². The van der Waals surface area contributed by atoms with Crippen molar-refractivity contribution < 1.29 is 14.3 Å². The van der Waals surface area contributed by atoms with E-state index in [4.69, 9.17) is 22.1 Å². The van der Waals surface area contributed by atoms with Crippen molar-refractivity contribution in [3.05, 3.63) is 28.8 Å². The molecular weight excluding hydrogens is 292 g/mol. The van der Waals surface area contributed by atoms with Crippen LogP contribution >= 0.6 is 11.6 Å². The predicted octanol–water partition coefficient (Wildman–Crippen LogP) is 2.48. The van der Waals surface area contributed by atoms with Crippen LogP contribution in [0.4, 0.5) is 5.69 Å². The number of carbonyl (C=O) groups is 2. The molecule has 114 valence electrons. The zero-order valence-electron chi connectivity index (χ0n) is 11.8. The van der Waals surface area contributed by atoms with Gasteiger partial charge in [0.05, 0.1) is 10.6 Å². The monoisotopic (exact) mass is 310 g/mol. The van der Waals surface area contributed by atoms with Gasteiger partial charge in [0.1, 0.15) is 0 Å². The predicted molar refractivity (Wildman–Crippen MR) is 81.2 cm³/mol. The molecule has 1 aliphatic heterocycles. The maximum absolute atomic E-state index is 12.0. The van der Waals surface area contributed by atoms with Gasteiger partial charge in [0, 0.05) is 18.8 Å². The summed E-state index contributed by atoms with van der Waals surface area (Å²) in [6.07, 6.45) is 4.29. The molecule has 0 bridgehead atoms. The summed E-state index contributed by atoms with van der Waals surface area (Å²) < 4.78 is 5.05. The molecule has 1 aromatic carbocycles. The molecule has 2 rings (SSSR count). The van der Waals surface area contributed by atoms with Gasteiger partial charge in [0.2, 0.25) is 0 Å². The molecule has 6 heteroatoms. The molecule has 1 aromatic rings. The lowest BCUT2D eigenvalue weighted by Crippen LogP contribution is -2.35. The molecule has 1 fully saturated rings. The molecular formula is C15H19ClN2O3. The summed E-state index contributed by atoms with van der Waals surface area (Å²) in [4.78, 5) is 25.7. The molecule has 0 atom stereocenters. The van der Waals surface area contributed by atoms with Gasteiger partial charge in [0.15, 0.2) is 6.61 Å². The van der Waals surface area contributed by atoms with Crippen molar-refractivity contribution in [3.63, 3.8) is 0 Å². The number of anilines is 1. The Balaban J connectivity index is 1.89. The molecule has 0 spiro atoms. The maximum atomic E-state index is 12.0. The second-order valence-electron chi connectivity index (χ2n) is 5.11. The van der Waals surface area contributed by atoms with Crippen molar-refractivity contribution >= 4 is 29.2 Å². The minimum absolute atomic E-state index is 0.156. The van der Waals surface area contributed by atoms with Crippen LogP contribution in [0.2, 0.25) is 5.02 Å². The Morgan fingerprint density at radius 1 is 1.19 bits per heavy atom. The van der Waals surface area contributed by atoms with Crippen LogP contribution in [0.1, 0.15) is 36.0 Å². The lowest BCUT2D eigenvalue weighted by Gasteiger charge is -2.20. The van der Waals surface area contributed by atoms with Crippen molar-refractivity contribution in [3.8, 4) is 0 Å². The molecule has 0 saturated carbocycles. The highest BCUT2D eigenvalue weighted by Gasteiger charge is 2.18. The summed E-state index contributed by atoms with van der Waals surface area (Å²) in [6, 6.07) is 4.55. The van der Waals surface area contributed by atoms with Gasteiger partial charge in [0.25, 0.3) is 5.91 Å². The Labute approximate surface area is 129 Å². The van der Waals surface area contributed by atoms with Gasteiger partial charge in [-0.15, -0.1) is 0 Å². The third-order valence-corrected chi connectivity index (χ3v) is 3.81. The third kappa shape index (κ3) is 4.36. The highest BCUT2D eigenvalue weighted by molar-refractivity contribution is 6.33. The number of esters is 1. The third-order valence-electron chi connectivity index (χ3n) is 3.50. The highest BCUT2D eigenvalue weighted by Crippen LogP contribution is 2.20. The van der Waals surface area contributed by atoms with E-state index in [2.05, 4.69) is 0 Å². The number of rotatable bonds is 3. The summed E-state index contributed by atoms with van der Waals surface area (Å²) in [7, 11) is 0. The minimum Gasteiger partial charge on any atom is -0.452 e. The fourth-order valence-electron chi connectivity index (χ4n) is 2.31. The number of likely N-dealkylation sites (tertiary alicyclic amines) is 1. The van der Waals surface area contributed by atoms with Crippen LogP contribution < -0.4 is 5.73 Å². The molecule has 0 unspecified atom stereocenters. The number of hydrogen-bond donors (Lipinski definition) is 1.